The second kappa shape index (κ2) is 10.9. The second-order valence-corrected chi connectivity index (χ2v) is 9.10. The second-order valence-electron chi connectivity index (χ2n) is 8.66. The maximum absolute atomic E-state index is 12.9. The maximum atomic E-state index is 12.9. The Labute approximate surface area is 210 Å². The minimum Gasteiger partial charge on any atom is -0.378 e. The van der Waals surface area contributed by atoms with Crippen LogP contribution in [0.2, 0.25) is 5.02 Å². The summed E-state index contributed by atoms with van der Waals surface area (Å²) in [5.41, 5.74) is 5.20. The Hall–Kier alpha value is -3.36. The summed E-state index contributed by atoms with van der Waals surface area (Å²) in [6.45, 7) is 6.94. The van der Waals surface area contributed by atoms with E-state index in [1.807, 2.05) is 54.9 Å². The Bertz CT molecular complexity index is 1180. The van der Waals surface area contributed by atoms with Crippen molar-refractivity contribution in [2.75, 3.05) is 50.1 Å². The molecule has 184 valence electrons. The number of hydrogen-bond donors (Lipinski definition) is 1. The molecule has 35 heavy (non-hydrogen) atoms. The fraction of sp³-hybridized carbons (Fsp3) is 0.346. The summed E-state index contributed by atoms with van der Waals surface area (Å²) in [4.78, 5) is 29.1. The highest BCUT2D eigenvalue weighted by molar-refractivity contribution is 6.30. The van der Waals surface area contributed by atoms with E-state index in [0.29, 0.717) is 10.7 Å². The van der Waals surface area contributed by atoms with Crippen molar-refractivity contribution in [1.82, 2.24) is 14.7 Å². The van der Waals surface area contributed by atoms with Crippen molar-refractivity contribution in [3.8, 4) is 5.69 Å². The molecule has 8 nitrogen and oxygen atoms in total. The molecule has 1 saturated heterocycles. The third-order valence-corrected chi connectivity index (χ3v) is 6.43. The Balaban J connectivity index is 1.33. The van der Waals surface area contributed by atoms with E-state index in [0.717, 1.165) is 54.6 Å². The minimum absolute atomic E-state index is 0.0343. The quantitative estimate of drug-likeness (QED) is 0.541. The average Bonchev–Trinajstić information content (AvgIpc) is 3.13. The zero-order chi connectivity index (χ0) is 24.9. The topological polar surface area (TPSA) is 79.7 Å². The Morgan fingerprint density at radius 2 is 1.66 bits per heavy atom. The normalized spacial score (nSPS) is 13.5. The number of nitrogens with zero attached hydrogens (tertiary/aromatic N) is 4. The SMILES string of the molecule is Cc1nn(-c2ccc(Cl)cc2)c(C)c1CC(=O)N(C)CC(=O)Nc1ccc(N2CCOCC2)cc1. The highest BCUT2D eigenvalue weighted by atomic mass is 35.5. The first-order valence-corrected chi connectivity index (χ1v) is 12.0. The fourth-order valence-electron chi connectivity index (χ4n) is 4.13. The number of aromatic nitrogens is 2. The first kappa shape index (κ1) is 24.8. The number of nitrogens with one attached hydrogen (secondary N) is 1. The van der Waals surface area contributed by atoms with Gasteiger partial charge in [0.15, 0.2) is 0 Å². The molecule has 4 rings (SSSR count). The number of halogens is 1. The van der Waals surface area contributed by atoms with Crippen LogP contribution in [0.1, 0.15) is 17.0 Å². The van der Waals surface area contributed by atoms with E-state index in [-0.39, 0.29) is 24.8 Å². The fourth-order valence-corrected chi connectivity index (χ4v) is 4.26. The number of anilines is 2. The number of rotatable bonds is 7. The molecule has 1 fully saturated rings. The number of amides is 2. The number of likely N-dealkylation sites (N-methyl/N-ethyl adjacent to an activating group) is 1. The van der Waals surface area contributed by atoms with Gasteiger partial charge in [-0.15, -0.1) is 0 Å². The minimum atomic E-state index is -0.245. The van der Waals surface area contributed by atoms with E-state index in [4.69, 9.17) is 16.3 Å². The van der Waals surface area contributed by atoms with Gasteiger partial charge in [-0.2, -0.15) is 5.10 Å². The highest BCUT2D eigenvalue weighted by Crippen LogP contribution is 2.21. The van der Waals surface area contributed by atoms with Gasteiger partial charge < -0.3 is 19.9 Å². The van der Waals surface area contributed by atoms with E-state index in [1.54, 1.807) is 19.2 Å². The third kappa shape index (κ3) is 6.01. The monoisotopic (exact) mass is 495 g/mol. The third-order valence-electron chi connectivity index (χ3n) is 6.17. The molecule has 0 spiro atoms. The average molecular weight is 496 g/mol. The van der Waals surface area contributed by atoms with Gasteiger partial charge >= 0.3 is 0 Å². The van der Waals surface area contributed by atoms with Crippen LogP contribution in [0.4, 0.5) is 11.4 Å². The molecular formula is C26H30ClN5O3. The summed E-state index contributed by atoms with van der Waals surface area (Å²) in [5.74, 6) is -0.394. The predicted octanol–water partition coefficient (Wildman–Crippen LogP) is 3.62. The zero-order valence-electron chi connectivity index (χ0n) is 20.3. The van der Waals surface area contributed by atoms with Crippen LogP contribution in [-0.4, -0.2) is 66.4 Å². The molecular weight excluding hydrogens is 466 g/mol. The standard InChI is InChI=1S/C26H30ClN5O3/c1-18-24(19(2)32(29-18)23-8-4-20(27)5-9-23)16-26(34)30(3)17-25(33)28-21-6-10-22(11-7-21)31-12-14-35-15-13-31/h4-11H,12-17H2,1-3H3,(H,28,33). The van der Waals surface area contributed by atoms with Crippen LogP contribution in [0.15, 0.2) is 48.5 Å². The summed E-state index contributed by atoms with van der Waals surface area (Å²) in [6, 6.07) is 15.1. The van der Waals surface area contributed by atoms with Crippen molar-refractivity contribution in [3.63, 3.8) is 0 Å². The molecule has 0 aliphatic carbocycles. The Morgan fingerprint density at radius 1 is 1.03 bits per heavy atom. The van der Waals surface area contributed by atoms with Crippen molar-refractivity contribution < 1.29 is 14.3 Å². The smallest absolute Gasteiger partial charge is 0.243 e. The number of benzene rings is 2. The molecule has 9 heteroatoms. The van der Waals surface area contributed by atoms with Gasteiger partial charge in [0.2, 0.25) is 11.8 Å². The summed E-state index contributed by atoms with van der Waals surface area (Å²) in [7, 11) is 1.64. The van der Waals surface area contributed by atoms with E-state index in [1.165, 1.54) is 4.90 Å². The molecule has 0 unspecified atom stereocenters. The van der Waals surface area contributed by atoms with E-state index in [9.17, 15) is 9.59 Å². The van der Waals surface area contributed by atoms with Crippen LogP contribution in [0.3, 0.4) is 0 Å². The summed E-state index contributed by atoms with van der Waals surface area (Å²) in [6.07, 6.45) is 0.170. The van der Waals surface area contributed by atoms with Gasteiger partial charge in [0.05, 0.1) is 37.6 Å². The number of morpholine rings is 1. The molecule has 1 aromatic heterocycles. The molecule has 2 amide bonds. The molecule has 2 aromatic carbocycles. The number of carbonyl (C=O) groups is 2. The van der Waals surface area contributed by atoms with E-state index in [2.05, 4.69) is 15.3 Å². The van der Waals surface area contributed by atoms with E-state index >= 15 is 0 Å². The lowest BCUT2D eigenvalue weighted by Crippen LogP contribution is -2.36. The van der Waals surface area contributed by atoms with Crippen molar-refractivity contribution in [2.45, 2.75) is 20.3 Å². The maximum Gasteiger partial charge on any atom is 0.243 e. The summed E-state index contributed by atoms with van der Waals surface area (Å²) < 4.78 is 7.20. The van der Waals surface area contributed by atoms with Gasteiger partial charge in [0.25, 0.3) is 0 Å². The molecule has 0 bridgehead atoms. The number of aryl methyl sites for hydroxylation is 1. The van der Waals surface area contributed by atoms with Crippen molar-refractivity contribution in [2.24, 2.45) is 0 Å². The molecule has 0 atom stereocenters. The highest BCUT2D eigenvalue weighted by Gasteiger charge is 2.20. The largest absolute Gasteiger partial charge is 0.378 e. The number of hydrogen-bond acceptors (Lipinski definition) is 5. The van der Waals surface area contributed by atoms with Crippen LogP contribution in [0.25, 0.3) is 5.69 Å². The molecule has 3 aromatic rings. The molecule has 0 radical (unpaired) electrons. The Kier molecular flexibility index (Phi) is 7.73. The number of carbonyl (C=O) groups excluding carboxylic acids is 2. The lowest BCUT2D eigenvalue weighted by Gasteiger charge is -2.28. The lowest BCUT2D eigenvalue weighted by atomic mass is 10.1. The van der Waals surface area contributed by atoms with Gasteiger partial charge in [-0.25, -0.2) is 4.68 Å². The van der Waals surface area contributed by atoms with Gasteiger partial charge in [0, 0.05) is 47.8 Å². The van der Waals surface area contributed by atoms with Crippen molar-refractivity contribution in [1.29, 1.82) is 0 Å². The van der Waals surface area contributed by atoms with Crippen LogP contribution in [0, 0.1) is 13.8 Å². The summed E-state index contributed by atoms with van der Waals surface area (Å²) >= 11 is 5.99. The van der Waals surface area contributed by atoms with Gasteiger partial charge in [0.1, 0.15) is 0 Å². The Morgan fingerprint density at radius 3 is 2.31 bits per heavy atom. The van der Waals surface area contributed by atoms with E-state index < -0.39 is 0 Å². The molecule has 0 saturated carbocycles. The van der Waals surface area contributed by atoms with Crippen LogP contribution in [0.5, 0.6) is 0 Å². The van der Waals surface area contributed by atoms with Crippen molar-refractivity contribution >= 4 is 34.8 Å². The summed E-state index contributed by atoms with van der Waals surface area (Å²) in [5, 5.41) is 8.12. The van der Waals surface area contributed by atoms with Crippen LogP contribution < -0.4 is 10.2 Å². The predicted molar refractivity (Wildman–Crippen MR) is 137 cm³/mol. The lowest BCUT2D eigenvalue weighted by molar-refractivity contribution is -0.132. The molecule has 1 aliphatic rings. The first-order chi connectivity index (χ1) is 16.8. The first-order valence-electron chi connectivity index (χ1n) is 11.6. The van der Waals surface area contributed by atoms with Crippen LogP contribution in [-0.2, 0) is 20.7 Å². The number of ether oxygens (including phenoxy) is 1. The molecule has 2 heterocycles. The van der Waals surface area contributed by atoms with Crippen molar-refractivity contribution in [3.05, 3.63) is 70.5 Å². The zero-order valence-corrected chi connectivity index (χ0v) is 21.0. The van der Waals surface area contributed by atoms with Gasteiger partial charge in [-0.1, -0.05) is 11.6 Å². The molecule has 1 N–H and O–H groups in total. The van der Waals surface area contributed by atoms with Crippen LogP contribution >= 0.6 is 11.6 Å². The molecule has 1 aliphatic heterocycles. The van der Waals surface area contributed by atoms with Gasteiger partial charge in [-0.05, 0) is 62.4 Å². The van der Waals surface area contributed by atoms with Gasteiger partial charge in [-0.3, -0.25) is 9.59 Å².